The molecule has 0 saturated carbocycles. The molecular formula is C28H38O5. The second-order valence-electron chi connectivity index (χ2n) is 8.54. The van der Waals surface area contributed by atoms with Crippen molar-refractivity contribution in [2.75, 3.05) is 13.2 Å². The number of hydrogen-bond acceptors (Lipinski definition) is 5. The average molecular weight is 455 g/mol. The highest BCUT2D eigenvalue weighted by molar-refractivity contribution is 5.91. The third-order valence-electron chi connectivity index (χ3n) is 4.86. The van der Waals surface area contributed by atoms with E-state index in [1.54, 1.807) is 12.1 Å². The largest absolute Gasteiger partial charge is 0.490 e. The first-order valence-electron chi connectivity index (χ1n) is 11.8. The smallest absolute Gasteiger partial charge is 0.383 e. The summed E-state index contributed by atoms with van der Waals surface area (Å²) in [5.41, 5.74) is 2.37. The van der Waals surface area contributed by atoms with Crippen LogP contribution in [0.25, 0.3) is 11.0 Å². The Balaban J connectivity index is 2.36. The Morgan fingerprint density at radius 3 is 2.52 bits per heavy atom. The third kappa shape index (κ3) is 8.49. The maximum atomic E-state index is 12.8. The summed E-state index contributed by atoms with van der Waals surface area (Å²) in [6.07, 6.45) is 11.9. The van der Waals surface area contributed by atoms with Crippen LogP contribution >= 0.6 is 0 Å². The predicted octanol–water partition coefficient (Wildman–Crippen LogP) is 7.39. The number of benzene rings is 1. The van der Waals surface area contributed by atoms with Crippen molar-refractivity contribution in [3.8, 4) is 17.2 Å². The van der Waals surface area contributed by atoms with Crippen molar-refractivity contribution in [2.24, 2.45) is 0 Å². The van der Waals surface area contributed by atoms with Gasteiger partial charge in [-0.1, -0.05) is 42.4 Å². The van der Waals surface area contributed by atoms with Crippen molar-refractivity contribution >= 4 is 11.0 Å². The van der Waals surface area contributed by atoms with Gasteiger partial charge in [-0.25, -0.2) is 4.79 Å². The number of hydrogen-bond donors (Lipinski definition) is 0. The Labute approximate surface area is 197 Å². The van der Waals surface area contributed by atoms with E-state index in [0.29, 0.717) is 29.1 Å². The van der Waals surface area contributed by atoms with Gasteiger partial charge in [-0.2, -0.15) is 0 Å². The minimum atomic E-state index is -0.557. The molecule has 2 aromatic rings. The van der Waals surface area contributed by atoms with E-state index in [0.717, 1.165) is 25.7 Å². The van der Waals surface area contributed by atoms with E-state index in [9.17, 15) is 4.79 Å². The Morgan fingerprint density at radius 2 is 1.82 bits per heavy atom. The highest BCUT2D eigenvalue weighted by Crippen LogP contribution is 2.39. The molecular weight excluding hydrogens is 416 g/mol. The molecule has 5 heteroatoms. The maximum absolute atomic E-state index is 12.8. The van der Waals surface area contributed by atoms with E-state index in [4.69, 9.17) is 18.6 Å². The molecule has 0 bridgehead atoms. The number of rotatable bonds is 13. The van der Waals surface area contributed by atoms with Crippen LogP contribution in [0.15, 0.2) is 62.9 Å². The minimum Gasteiger partial charge on any atom is -0.490 e. The van der Waals surface area contributed by atoms with Crippen LogP contribution in [-0.2, 0) is 0 Å². The lowest BCUT2D eigenvalue weighted by atomic mass is 10.1. The highest BCUT2D eigenvalue weighted by atomic mass is 16.5. The average Bonchev–Trinajstić information content (AvgIpc) is 2.74. The number of ether oxygens (including phenoxy) is 3. The molecule has 0 spiro atoms. The fraction of sp³-hybridized carbons (Fsp3) is 0.464. The molecule has 0 atom stereocenters. The molecule has 1 heterocycles. The Bertz CT molecular complexity index is 1040. The van der Waals surface area contributed by atoms with Gasteiger partial charge in [-0.15, -0.1) is 0 Å². The van der Waals surface area contributed by atoms with Gasteiger partial charge in [-0.3, -0.25) is 0 Å². The van der Waals surface area contributed by atoms with Crippen molar-refractivity contribution < 1.29 is 18.6 Å². The summed E-state index contributed by atoms with van der Waals surface area (Å²) >= 11 is 0. The third-order valence-corrected chi connectivity index (χ3v) is 4.86. The number of fused-ring (bicyclic) bond motifs is 1. The summed E-state index contributed by atoms with van der Waals surface area (Å²) in [6.45, 7) is 12.9. The molecule has 0 fully saturated rings. The van der Waals surface area contributed by atoms with Gasteiger partial charge in [0, 0.05) is 0 Å². The van der Waals surface area contributed by atoms with Gasteiger partial charge in [0.1, 0.15) is 23.3 Å². The molecule has 0 N–H and O–H groups in total. The first-order valence-corrected chi connectivity index (χ1v) is 11.8. The quantitative estimate of drug-likeness (QED) is 0.179. The van der Waals surface area contributed by atoms with Crippen LogP contribution in [0.5, 0.6) is 17.2 Å². The SMILES string of the molecule is CCC=CCCOc1c(OCC=C(C)CCC=C(C)C)c(=O)oc2cccc(OC(C)C)c12. The van der Waals surface area contributed by atoms with E-state index in [2.05, 4.69) is 45.9 Å². The summed E-state index contributed by atoms with van der Waals surface area (Å²) in [4.78, 5) is 12.8. The summed E-state index contributed by atoms with van der Waals surface area (Å²) in [7, 11) is 0. The molecule has 1 aromatic carbocycles. The lowest BCUT2D eigenvalue weighted by Crippen LogP contribution is -2.12. The fourth-order valence-corrected chi connectivity index (χ4v) is 3.26. The topological polar surface area (TPSA) is 57.9 Å². The van der Waals surface area contributed by atoms with Crippen LogP contribution in [0.2, 0.25) is 0 Å². The van der Waals surface area contributed by atoms with E-state index in [1.807, 2.05) is 26.0 Å². The maximum Gasteiger partial charge on any atom is 0.383 e. The van der Waals surface area contributed by atoms with Crippen molar-refractivity contribution in [3.05, 3.63) is 64.1 Å². The van der Waals surface area contributed by atoms with Gasteiger partial charge in [-0.05, 0) is 78.5 Å². The molecule has 0 aliphatic heterocycles. The predicted molar refractivity (Wildman–Crippen MR) is 136 cm³/mol. The molecule has 0 radical (unpaired) electrons. The Kier molecular flexibility index (Phi) is 10.8. The van der Waals surface area contributed by atoms with E-state index < -0.39 is 5.63 Å². The van der Waals surface area contributed by atoms with Crippen LogP contribution < -0.4 is 19.8 Å². The molecule has 0 aliphatic rings. The minimum absolute atomic E-state index is 0.0429. The Hall–Kier alpha value is -2.95. The lowest BCUT2D eigenvalue weighted by molar-refractivity contribution is 0.242. The van der Waals surface area contributed by atoms with Gasteiger partial charge >= 0.3 is 5.63 Å². The van der Waals surface area contributed by atoms with Gasteiger partial charge in [0.25, 0.3) is 0 Å². The molecule has 0 amide bonds. The van der Waals surface area contributed by atoms with Crippen LogP contribution in [0.3, 0.4) is 0 Å². The van der Waals surface area contributed by atoms with Gasteiger partial charge in [0.05, 0.1) is 12.7 Å². The lowest BCUT2D eigenvalue weighted by Gasteiger charge is -2.17. The van der Waals surface area contributed by atoms with Crippen LogP contribution in [0, 0.1) is 0 Å². The molecule has 5 nitrogen and oxygen atoms in total. The van der Waals surface area contributed by atoms with Crippen molar-refractivity contribution in [3.63, 3.8) is 0 Å². The Morgan fingerprint density at radius 1 is 1.03 bits per heavy atom. The van der Waals surface area contributed by atoms with Gasteiger partial charge in [0.2, 0.25) is 5.75 Å². The monoisotopic (exact) mass is 454 g/mol. The second kappa shape index (κ2) is 13.6. The van der Waals surface area contributed by atoms with Gasteiger partial charge < -0.3 is 18.6 Å². The molecule has 1 aromatic heterocycles. The summed E-state index contributed by atoms with van der Waals surface area (Å²) in [5.74, 6) is 1.05. The first kappa shape index (κ1) is 26.3. The van der Waals surface area contributed by atoms with Crippen molar-refractivity contribution in [1.82, 2.24) is 0 Å². The molecule has 0 aliphatic carbocycles. The first-order chi connectivity index (χ1) is 15.8. The van der Waals surface area contributed by atoms with Crippen molar-refractivity contribution in [1.29, 1.82) is 0 Å². The summed E-state index contributed by atoms with van der Waals surface area (Å²) < 4.78 is 23.6. The van der Waals surface area contributed by atoms with E-state index >= 15 is 0 Å². The molecule has 0 saturated heterocycles. The zero-order chi connectivity index (χ0) is 24.2. The molecule has 180 valence electrons. The van der Waals surface area contributed by atoms with E-state index in [-0.39, 0.29) is 18.5 Å². The zero-order valence-electron chi connectivity index (χ0n) is 20.9. The second-order valence-corrected chi connectivity index (χ2v) is 8.54. The zero-order valence-corrected chi connectivity index (χ0v) is 20.9. The summed E-state index contributed by atoms with van der Waals surface area (Å²) in [6, 6.07) is 5.39. The molecule has 33 heavy (non-hydrogen) atoms. The summed E-state index contributed by atoms with van der Waals surface area (Å²) in [5, 5.41) is 0.615. The standard InChI is InChI=1S/C28H38O5/c1-7-8-9-10-18-30-26-25-23(32-21(4)5)15-12-16-24(25)33-28(29)27(26)31-19-17-22(6)14-11-13-20(2)3/h8-9,12-13,15-17,21H,7,10-11,14,18-19H2,1-6H3. The van der Waals surface area contributed by atoms with Crippen LogP contribution in [0.1, 0.15) is 67.2 Å². The van der Waals surface area contributed by atoms with Crippen molar-refractivity contribution in [2.45, 2.75) is 73.3 Å². The number of allylic oxidation sites excluding steroid dienone is 4. The normalized spacial score (nSPS) is 11.9. The van der Waals surface area contributed by atoms with Crippen LogP contribution in [0.4, 0.5) is 0 Å². The van der Waals surface area contributed by atoms with Gasteiger partial charge in [0.15, 0.2) is 5.75 Å². The van der Waals surface area contributed by atoms with Crippen LogP contribution in [-0.4, -0.2) is 19.3 Å². The van der Waals surface area contributed by atoms with E-state index in [1.165, 1.54) is 11.1 Å². The molecule has 2 rings (SSSR count). The fourth-order valence-electron chi connectivity index (χ4n) is 3.26. The molecule has 0 unspecified atom stereocenters. The highest BCUT2D eigenvalue weighted by Gasteiger charge is 2.21.